The molecule has 2 bridgehead atoms. The summed E-state index contributed by atoms with van der Waals surface area (Å²) in [5, 5.41) is 12.0. The van der Waals surface area contributed by atoms with Crippen molar-refractivity contribution in [2.24, 2.45) is 17.8 Å². The van der Waals surface area contributed by atoms with Gasteiger partial charge >= 0.3 is 5.97 Å². The lowest BCUT2D eigenvalue weighted by Gasteiger charge is -2.18. The number of carboxylic acid groups (broad SMARTS) is 1. The Morgan fingerprint density at radius 2 is 2.10 bits per heavy atom. The maximum Gasteiger partial charge on any atom is 0.310 e. The van der Waals surface area contributed by atoms with Gasteiger partial charge in [0.15, 0.2) is 0 Å². The van der Waals surface area contributed by atoms with Crippen molar-refractivity contribution in [3.05, 3.63) is 42.0 Å². The maximum absolute atomic E-state index is 12.4. The van der Waals surface area contributed by atoms with E-state index in [9.17, 15) is 9.59 Å². The van der Waals surface area contributed by atoms with Gasteiger partial charge in [-0.15, -0.1) is 0 Å². The lowest BCUT2D eigenvalue weighted by Crippen LogP contribution is -2.26. The minimum absolute atomic E-state index is 0.0481. The predicted molar refractivity (Wildman–Crippen MR) is 80.0 cm³/mol. The molecule has 4 atom stereocenters. The minimum atomic E-state index is -0.864. The molecule has 2 aliphatic carbocycles. The molecular formula is C17H19NO3. The molecule has 4 heteroatoms. The Bertz CT molecular complexity index is 608. The van der Waals surface area contributed by atoms with E-state index in [4.69, 9.17) is 5.11 Å². The second-order valence-electron chi connectivity index (χ2n) is 6.06. The summed E-state index contributed by atoms with van der Waals surface area (Å²) in [6, 6.07) is 7.11. The molecule has 0 aliphatic heterocycles. The number of aliphatic carboxylic acids is 1. The number of carbonyl (C=O) groups is 2. The first kappa shape index (κ1) is 13.9. The zero-order valence-corrected chi connectivity index (χ0v) is 12.0. The number of benzene rings is 1. The van der Waals surface area contributed by atoms with E-state index in [0.29, 0.717) is 23.1 Å². The highest BCUT2D eigenvalue weighted by molar-refractivity contribution is 5.93. The van der Waals surface area contributed by atoms with Crippen LogP contribution in [0.1, 0.15) is 31.2 Å². The van der Waals surface area contributed by atoms with Crippen molar-refractivity contribution in [1.82, 2.24) is 0 Å². The van der Waals surface area contributed by atoms with Crippen LogP contribution in [0.2, 0.25) is 0 Å². The fourth-order valence-corrected chi connectivity index (χ4v) is 3.35. The monoisotopic (exact) mass is 285 g/mol. The van der Waals surface area contributed by atoms with Crippen molar-refractivity contribution in [2.45, 2.75) is 25.7 Å². The Hall–Kier alpha value is -2.10. The van der Waals surface area contributed by atoms with Crippen molar-refractivity contribution < 1.29 is 14.7 Å². The molecule has 2 aliphatic rings. The number of fused-ring (bicyclic) bond motifs is 2. The van der Waals surface area contributed by atoms with Crippen LogP contribution in [0.5, 0.6) is 0 Å². The first-order chi connectivity index (χ1) is 10.0. The number of anilines is 1. The number of hydrogen-bond acceptors (Lipinski definition) is 2. The average molecular weight is 285 g/mol. The Morgan fingerprint density at radius 3 is 2.71 bits per heavy atom. The standard InChI is InChI=1S/C17H19NO3/c1-10(17(20)21)12-3-2-4-14(9-12)18-16(19)15-8-11-5-6-13(15)7-11/h2-6,9-11,13,15H,7-8H2,1H3,(H,18,19)(H,20,21). The summed E-state index contributed by atoms with van der Waals surface area (Å²) in [7, 11) is 0. The fraction of sp³-hybridized carbons (Fsp3) is 0.412. The van der Waals surface area contributed by atoms with Gasteiger partial charge < -0.3 is 10.4 Å². The zero-order chi connectivity index (χ0) is 15.0. The van der Waals surface area contributed by atoms with Gasteiger partial charge in [-0.2, -0.15) is 0 Å². The molecule has 1 aromatic rings. The third-order valence-corrected chi connectivity index (χ3v) is 4.64. The van der Waals surface area contributed by atoms with Crippen LogP contribution in [0.15, 0.2) is 36.4 Å². The van der Waals surface area contributed by atoms with Crippen molar-refractivity contribution in [2.75, 3.05) is 5.32 Å². The summed E-state index contributed by atoms with van der Waals surface area (Å²) in [6.07, 6.45) is 6.39. The molecule has 4 nitrogen and oxygen atoms in total. The van der Waals surface area contributed by atoms with Crippen molar-refractivity contribution in [3.63, 3.8) is 0 Å². The van der Waals surface area contributed by atoms with E-state index < -0.39 is 11.9 Å². The number of amides is 1. The third-order valence-electron chi connectivity index (χ3n) is 4.64. The van der Waals surface area contributed by atoms with E-state index in [1.54, 1.807) is 31.2 Å². The number of allylic oxidation sites excluding steroid dienone is 2. The van der Waals surface area contributed by atoms with Crippen LogP contribution in [-0.4, -0.2) is 17.0 Å². The van der Waals surface area contributed by atoms with E-state index >= 15 is 0 Å². The minimum Gasteiger partial charge on any atom is -0.481 e. The summed E-state index contributed by atoms with van der Waals surface area (Å²) >= 11 is 0. The van der Waals surface area contributed by atoms with Crippen LogP contribution in [0.4, 0.5) is 5.69 Å². The summed E-state index contributed by atoms with van der Waals surface area (Å²) in [4.78, 5) is 23.4. The lowest BCUT2D eigenvalue weighted by molar-refractivity contribution is -0.138. The number of nitrogens with one attached hydrogen (secondary N) is 1. The molecule has 1 fully saturated rings. The molecule has 21 heavy (non-hydrogen) atoms. The highest BCUT2D eigenvalue weighted by Gasteiger charge is 2.39. The van der Waals surface area contributed by atoms with Crippen LogP contribution < -0.4 is 5.32 Å². The van der Waals surface area contributed by atoms with Crippen LogP contribution in [-0.2, 0) is 9.59 Å². The first-order valence-corrected chi connectivity index (χ1v) is 7.36. The van der Waals surface area contributed by atoms with E-state index in [1.165, 1.54) is 0 Å². The van der Waals surface area contributed by atoms with Gasteiger partial charge in [-0.05, 0) is 49.3 Å². The van der Waals surface area contributed by atoms with Crippen LogP contribution >= 0.6 is 0 Å². The smallest absolute Gasteiger partial charge is 0.310 e. The fourth-order valence-electron chi connectivity index (χ4n) is 3.35. The largest absolute Gasteiger partial charge is 0.481 e. The van der Waals surface area contributed by atoms with Crippen molar-refractivity contribution in [3.8, 4) is 0 Å². The summed E-state index contributed by atoms with van der Waals surface area (Å²) in [5.74, 6) is -0.406. The van der Waals surface area contributed by atoms with Crippen LogP contribution in [0, 0.1) is 17.8 Å². The quantitative estimate of drug-likeness (QED) is 0.836. The molecule has 3 rings (SSSR count). The predicted octanol–water partition coefficient (Wildman–Crippen LogP) is 3.03. The second-order valence-corrected chi connectivity index (χ2v) is 6.06. The van der Waals surface area contributed by atoms with Gasteiger partial charge in [0.1, 0.15) is 0 Å². The molecular weight excluding hydrogens is 266 g/mol. The van der Waals surface area contributed by atoms with Crippen LogP contribution in [0.3, 0.4) is 0 Å². The van der Waals surface area contributed by atoms with E-state index in [1.807, 2.05) is 0 Å². The van der Waals surface area contributed by atoms with Gasteiger partial charge in [0.25, 0.3) is 0 Å². The van der Waals surface area contributed by atoms with E-state index in [2.05, 4.69) is 17.5 Å². The summed E-state index contributed by atoms with van der Waals surface area (Å²) < 4.78 is 0. The van der Waals surface area contributed by atoms with E-state index in [-0.39, 0.29) is 11.8 Å². The Labute approximate surface area is 123 Å². The molecule has 0 saturated heterocycles. The Kier molecular flexibility index (Phi) is 3.53. The van der Waals surface area contributed by atoms with Crippen molar-refractivity contribution in [1.29, 1.82) is 0 Å². The molecule has 1 saturated carbocycles. The topological polar surface area (TPSA) is 66.4 Å². The van der Waals surface area contributed by atoms with Gasteiger partial charge in [-0.25, -0.2) is 0 Å². The SMILES string of the molecule is CC(C(=O)O)c1cccc(NC(=O)C2CC3C=CC2C3)c1. The van der Waals surface area contributed by atoms with E-state index in [0.717, 1.165) is 12.8 Å². The van der Waals surface area contributed by atoms with Gasteiger partial charge in [0, 0.05) is 11.6 Å². The molecule has 2 N–H and O–H groups in total. The first-order valence-electron chi connectivity index (χ1n) is 7.36. The number of carbonyl (C=O) groups excluding carboxylic acids is 1. The molecule has 110 valence electrons. The molecule has 0 aromatic heterocycles. The molecule has 1 amide bonds. The normalized spacial score (nSPS) is 27.6. The zero-order valence-electron chi connectivity index (χ0n) is 12.0. The van der Waals surface area contributed by atoms with Gasteiger partial charge in [0.05, 0.1) is 5.92 Å². The maximum atomic E-state index is 12.4. The number of rotatable bonds is 4. The number of carboxylic acids is 1. The molecule has 4 unspecified atom stereocenters. The molecule has 1 aromatic carbocycles. The highest BCUT2D eigenvalue weighted by atomic mass is 16.4. The highest BCUT2D eigenvalue weighted by Crippen LogP contribution is 2.43. The second kappa shape index (κ2) is 5.35. The molecule has 0 heterocycles. The Balaban J connectivity index is 1.70. The Morgan fingerprint density at radius 1 is 1.29 bits per heavy atom. The average Bonchev–Trinajstić information content (AvgIpc) is 3.09. The van der Waals surface area contributed by atoms with Gasteiger partial charge in [-0.1, -0.05) is 24.3 Å². The molecule has 0 radical (unpaired) electrons. The van der Waals surface area contributed by atoms with Gasteiger partial charge in [0.2, 0.25) is 5.91 Å². The summed E-state index contributed by atoms with van der Waals surface area (Å²) in [6.45, 7) is 1.64. The third kappa shape index (κ3) is 2.71. The lowest BCUT2D eigenvalue weighted by atomic mass is 9.92. The van der Waals surface area contributed by atoms with Crippen LogP contribution in [0.25, 0.3) is 0 Å². The number of hydrogen-bond donors (Lipinski definition) is 2. The summed E-state index contributed by atoms with van der Waals surface area (Å²) in [5.41, 5.74) is 1.38. The van der Waals surface area contributed by atoms with Gasteiger partial charge in [-0.3, -0.25) is 9.59 Å². The molecule has 0 spiro atoms. The van der Waals surface area contributed by atoms with Crippen molar-refractivity contribution >= 4 is 17.6 Å².